The summed E-state index contributed by atoms with van der Waals surface area (Å²) < 4.78 is 12.8. The van der Waals surface area contributed by atoms with Crippen molar-refractivity contribution in [2.45, 2.75) is 19.9 Å². The van der Waals surface area contributed by atoms with Crippen LogP contribution in [0.15, 0.2) is 70.6 Å². The number of rotatable bonds is 9. The molecule has 7 heteroatoms. The van der Waals surface area contributed by atoms with Gasteiger partial charge in [0, 0.05) is 12.1 Å². The summed E-state index contributed by atoms with van der Waals surface area (Å²) >= 11 is 0. The molecule has 0 aliphatic carbocycles. The SMILES string of the molecule is C=C(C)c1ccc2oc(=O)n(Cc3cccc(-c4ncc(OCCCN(C)C)cn4)c3)c2c1. The molecular weight excluding hydrogens is 416 g/mol. The van der Waals surface area contributed by atoms with E-state index in [0.29, 0.717) is 30.3 Å². The summed E-state index contributed by atoms with van der Waals surface area (Å²) in [6, 6.07) is 13.5. The Labute approximate surface area is 193 Å². The second-order valence-corrected chi connectivity index (χ2v) is 8.36. The predicted octanol–water partition coefficient (Wildman–Crippen LogP) is 4.46. The van der Waals surface area contributed by atoms with E-state index in [9.17, 15) is 4.79 Å². The van der Waals surface area contributed by atoms with Crippen molar-refractivity contribution in [3.05, 3.63) is 83.1 Å². The van der Waals surface area contributed by atoms with Crippen molar-refractivity contribution in [2.24, 2.45) is 0 Å². The van der Waals surface area contributed by atoms with Gasteiger partial charge in [-0.05, 0) is 56.8 Å². The first-order valence-corrected chi connectivity index (χ1v) is 10.9. The molecule has 0 atom stereocenters. The van der Waals surface area contributed by atoms with Gasteiger partial charge in [-0.25, -0.2) is 14.8 Å². The quantitative estimate of drug-likeness (QED) is 0.355. The molecule has 4 rings (SSSR count). The summed E-state index contributed by atoms with van der Waals surface area (Å²) in [6.07, 6.45) is 4.32. The van der Waals surface area contributed by atoms with Crippen molar-refractivity contribution >= 4 is 16.7 Å². The fourth-order valence-corrected chi connectivity index (χ4v) is 3.58. The summed E-state index contributed by atoms with van der Waals surface area (Å²) in [6.45, 7) is 7.90. The topological polar surface area (TPSA) is 73.4 Å². The normalized spacial score (nSPS) is 11.3. The lowest BCUT2D eigenvalue weighted by molar-refractivity contribution is 0.280. The molecule has 0 bridgehead atoms. The summed E-state index contributed by atoms with van der Waals surface area (Å²) in [4.78, 5) is 23.5. The van der Waals surface area contributed by atoms with Gasteiger partial charge in [0.1, 0.15) is 0 Å². The molecule has 7 nitrogen and oxygen atoms in total. The smallest absolute Gasteiger partial charge is 0.420 e. The van der Waals surface area contributed by atoms with Crippen LogP contribution in [-0.2, 0) is 6.54 Å². The second kappa shape index (κ2) is 9.83. The summed E-state index contributed by atoms with van der Waals surface area (Å²) in [7, 11) is 4.08. The zero-order chi connectivity index (χ0) is 23.4. The number of hydrogen-bond acceptors (Lipinski definition) is 6. The van der Waals surface area contributed by atoms with E-state index in [-0.39, 0.29) is 5.76 Å². The minimum absolute atomic E-state index is 0.381. The van der Waals surface area contributed by atoms with E-state index in [4.69, 9.17) is 9.15 Å². The molecule has 33 heavy (non-hydrogen) atoms. The molecule has 0 amide bonds. The van der Waals surface area contributed by atoms with E-state index < -0.39 is 0 Å². The molecule has 2 heterocycles. The van der Waals surface area contributed by atoms with E-state index in [1.54, 1.807) is 17.0 Å². The van der Waals surface area contributed by atoms with E-state index >= 15 is 0 Å². The van der Waals surface area contributed by atoms with Crippen LogP contribution in [0.25, 0.3) is 28.1 Å². The lowest BCUT2D eigenvalue weighted by atomic mass is 10.1. The lowest BCUT2D eigenvalue weighted by Crippen LogP contribution is -2.15. The van der Waals surface area contributed by atoms with Crippen molar-refractivity contribution in [1.29, 1.82) is 0 Å². The number of oxazole rings is 1. The van der Waals surface area contributed by atoms with Gasteiger partial charge in [0.25, 0.3) is 0 Å². The first-order chi connectivity index (χ1) is 15.9. The number of benzene rings is 2. The Morgan fingerprint density at radius 2 is 1.94 bits per heavy atom. The zero-order valence-corrected chi connectivity index (χ0v) is 19.2. The van der Waals surface area contributed by atoms with Crippen LogP contribution >= 0.6 is 0 Å². The van der Waals surface area contributed by atoms with Crippen molar-refractivity contribution in [1.82, 2.24) is 19.4 Å². The first kappa shape index (κ1) is 22.5. The highest BCUT2D eigenvalue weighted by molar-refractivity contribution is 5.78. The Bertz CT molecular complexity index is 1320. The van der Waals surface area contributed by atoms with Gasteiger partial charge < -0.3 is 14.1 Å². The van der Waals surface area contributed by atoms with Crippen LogP contribution in [0, 0.1) is 0 Å². The third-order valence-electron chi connectivity index (χ3n) is 5.33. The van der Waals surface area contributed by atoms with Gasteiger partial charge >= 0.3 is 5.76 Å². The highest BCUT2D eigenvalue weighted by Crippen LogP contribution is 2.22. The number of hydrogen-bond donors (Lipinski definition) is 0. The van der Waals surface area contributed by atoms with Gasteiger partial charge in [-0.3, -0.25) is 4.57 Å². The van der Waals surface area contributed by atoms with Gasteiger partial charge in [0.15, 0.2) is 17.2 Å². The molecule has 0 saturated heterocycles. The third-order valence-corrected chi connectivity index (χ3v) is 5.33. The van der Waals surface area contributed by atoms with E-state index in [1.165, 1.54) is 0 Å². The van der Waals surface area contributed by atoms with Gasteiger partial charge in [0.05, 0.1) is 31.1 Å². The summed E-state index contributed by atoms with van der Waals surface area (Å²) in [5, 5.41) is 0. The van der Waals surface area contributed by atoms with Crippen molar-refractivity contribution in [3.8, 4) is 17.1 Å². The van der Waals surface area contributed by atoms with Gasteiger partial charge in [-0.2, -0.15) is 0 Å². The summed E-state index contributed by atoms with van der Waals surface area (Å²) in [5.74, 6) is 0.867. The maximum atomic E-state index is 12.5. The molecule has 0 saturated carbocycles. The molecule has 170 valence electrons. The molecule has 0 spiro atoms. The van der Waals surface area contributed by atoms with Crippen molar-refractivity contribution in [3.63, 3.8) is 0 Å². The molecular formula is C26H28N4O3. The van der Waals surface area contributed by atoms with Crippen LogP contribution in [0.4, 0.5) is 0 Å². The molecule has 0 radical (unpaired) electrons. The highest BCUT2D eigenvalue weighted by atomic mass is 16.5. The van der Waals surface area contributed by atoms with E-state index in [2.05, 4.69) is 21.4 Å². The fraction of sp³-hybridized carbons (Fsp3) is 0.269. The minimum atomic E-state index is -0.388. The van der Waals surface area contributed by atoms with E-state index in [1.807, 2.05) is 63.5 Å². The molecule has 0 unspecified atom stereocenters. The number of aromatic nitrogens is 3. The van der Waals surface area contributed by atoms with Crippen molar-refractivity contribution in [2.75, 3.05) is 27.2 Å². The Morgan fingerprint density at radius 3 is 2.67 bits per heavy atom. The number of nitrogens with zero attached hydrogens (tertiary/aromatic N) is 4. The van der Waals surface area contributed by atoms with Gasteiger partial charge in [-0.15, -0.1) is 0 Å². The molecule has 2 aromatic heterocycles. The largest absolute Gasteiger partial charge is 0.490 e. The predicted molar refractivity (Wildman–Crippen MR) is 130 cm³/mol. The number of ether oxygens (including phenoxy) is 1. The second-order valence-electron chi connectivity index (χ2n) is 8.36. The standard InChI is InChI=1S/C26H28N4O3/c1-18(2)20-9-10-24-23(14-20)30(26(31)33-24)17-19-7-5-8-21(13-19)25-27-15-22(16-28-25)32-12-6-11-29(3)4/h5,7-10,13-16H,1,6,11-12,17H2,2-4H3. The molecule has 0 N–H and O–H groups in total. The van der Waals surface area contributed by atoms with Crippen LogP contribution in [0.1, 0.15) is 24.5 Å². The van der Waals surface area contributed by atoms with Crippen molar-refractivity contribution < 1.29 is 9.15 Å². The number of allylic oxidation sites excluding steroid dienone is 1. The Balaban J connectivity index is 1.52. The third kappa shape index (κ3) is 5.38. The minimum Gasteiger partial charge on any atom is -0.490 e. The van der Waals surface area contributed by atoms with Gasteiger partial charge in [-0.1, -0.05) is 36.4 Å². The van der Waals surface area contributed by atoms with Crippen LogP contribution < -0.4 is 10.5 Å². The monoisotopic (exact) mass is 444 g/mol. The fourth-order valence-electron chi connectivity index (χ4n) is 3.58. The lowest BCUT2D eigenvalue weighted by Gasteiger charge is -2.10. The van der Waals surface area contributed by atoms with Crippen LogP contribution in [0.2, 0.25) is 0 Å². The van der Waals surface area contributed by atoms with Crippen LogP contribution in [0.3, 0.4) is 0 Å². The average Bonchev–Trinajstić information content (AvgIpc) is 3.11. The maximum Gasteiger partial charge on any atom is 0.420 e. The Kier molecular flexibility index (Phi) is 6.70. The molecule has 0 aliphatic heterocycles. The van der Waals surface area contributed by atoms with E-state index in [0.717, 1.165) is 40.7 Å². The summed E-state index contributed by atoms with van der Waals surface area (Å²) in [5.41, 5.74) is 5.04. The Hall–Kier alpha value is -3.71. The first-order valence-electron chi connectivity index (χ1n) is 10.9. The maximum absolute atomic E-state index is 12.5. The van der Waals surface area contributed by atoms with Gasteiger partial charge in [0.2, 0.25) is 0 Å². The number of fused-ring (bicyclic) bond motifs is 1. The molecule has 4 aromatic rings. The van der Waals surface area contributed by atoms with Crippen LogP contribution in [-0.4, -0.2) is 46.7 Å². The van der Waals surface area contributed by atoms with Crippen LogP contribution in [0.5, 0.6) is 5.75 Å². The highest BCUT2D eigenvalue weighted by Gasteiger charge is 2.12. The Morgan fingerprint density at radius 1 is 1.15 bits per heavy atom. The molecule has 2 aromatic carbocycles. The zero-order valence-electron chi connectivity index (χ0n) is 19.2. The molecule has 0 fully saturated rings. The molecule has 0 aliphatic rings. The average molecular weight is 445 g/mol.